The molecule has 0 amide bonds. The molecule has 1 heterocycles. The first-order valence-electron chi connectivity index (χ1n) is 4.44. The monoisotopic (exact) mass is 166 g/mol. The Labute approximate surface area is 71.8 Å². The van der Waals surface area contributed by atoms with Crippen LogP contribution in [0.1, 0.15) is 37.3 Å². The largest absolute Gasteiger partial charge is 0.381 e. The van der Waals surface area contributed by atoms with Crippen molar-refractivity contribution in [3.63, 3.8) is 0 Å². The highest BCUT2D eigenvalue weighted by molar-refractivity contribution is 5.35. The number of hydrogen-bond acceptors (Lipinski definition) is 3. The summed E-state index contributed by atoms with van der Waals surface area (Å²) in [4.78, 5) is 0. The number of anilines is 1. The first kappa shape index (κ1) is 7.58. The Morgan fingerprint density at radius 3 is 2.58 bits per heavy atom. The third-order valence-corrected chi connectivity index (χ3v) is 2.64. The number of hydrogen-bond donors (Lipinski definition) is 1. The predicted molar refractivity (Wildman–Crippen MR) is 46.6 cm³/mol. The normalized spacial score (nSPS) is 18.8. The highest BCUT2D eigenvalue weighted by Gasteiger charge is 2.23. The van der Waals surface area contributed by atoms with Gasteiger partial charge in [-0.25, -0.2) is 4.68 Å². The molecule has 0 saturated heterocycles. The summed E-state index contributed by atoms with van der Waals surface area (Å²) in [5, 5.41) is 7.75. The quantitative estimate of drug-likeness (QED) is 0.678. The van der Waals surface area contributed by atoms with Crippen molar-refractivity contribution in [3.05, 3.63) is 5.69 Å². The van der Waals surface area contributed by atoms with Crippen molar-refractivity contribution in [1.29, 1.82) is 0 Å². The van der Waals surface area contributed by atoms with E-state index in [2.05, 4.69) is 10.3 Å². The van der Waals surface area contributed by atoms with E-state index in [9.17, 15) is 0 Å². The molecule has 1 aromatic heterocycles. The molecule has 1 fully saturated rings. The van der Waals surface area contributed by atoms with Crippen molar-refractivity contribution in [2.75, 3.05) is 5.73 Å². The molecule has 1 aromatic rings. The topological polar surface area (TPSA) is 56.7 Å². The van der Waals surface area contributed by atoms with Crippen molar-refractivity contribution >= 4 is 5.82 Å². The lowest BCUT2D eigenvalue weighted by atomic mass is 10.0. The molecule has 0 aromatic carbocycles. The van der Waals surface area contributed by atoms with Crippen LogP contribution in [0.2, 0.25) is 0 Å². The summed E-state index contributed by atoms with van der Waals surface area (Å²) >= 11 is 0. The number of aromatic nitrogens is 3. The van der Waals surface area contributed by atoms with Crippen LogP contribution in [0, 0.1) is 0 Å². The maximum Gasteiger partial charge on any atom is 0.169 e. The highest BCUT2D eigenvalue weighted by atomic mass is 15.4. The van der Waals surface area contributed by atoms with Crippen molar-refractivity contribution < 1.29 is 0 Å². The molecular formula is C8H14N4. The number of aryl methyl sites for hydroxylation is 1. The van der Waals surface area contributed by atoms with E-state index in [4.69, 9.17) is 5.73 Å². The molecule has 0 spiro atoms. The molecule has 1 saturated carbocycles. The molecular weight excluding hydrogens is 152 g/mol. The zero-order valence-electron chi connectivity index (χ0n) is 7.32. The minimum absolute atomic E-state index is 0.602. The molecule has 4 nitrogen and oxygen atoms in total. The zero-order chi connectivity index (χ0) is 8.55. The molecule has 0 aliphatic heterocycles. The van der Waals surface area contributed by atoms with E-state index in [0.717, 1.165) is 5.69 Å². The third-order valence-electron chi connectivity index (χ3n) is 2.64. The van der Waals surface area contributed by atoms with Crippen LogP contribution in [0.5, 0.6) is 0 Å². The van der Waals surface area contributed by atoms with Crippen LogP contribution >= 0.6 is 0 Å². The van der Waals surface area contributed by atoms with Gasteiger partial charge in [-0.05, 0) is 12.8 Å². The van der Waals surface area contributed by atoms with E-state index in [1.165, 1.54) is 25.7 Å². The first-order chi connectivity index (χ1) is 5.79. The van der Waals surface area contributed by atoms with Gasteiger partial charge >= 0.3 is 0 Å². The second kappa shape index (κ2) is 2.77. The summed E-state index contributed by atoms with van der Waals surface area (Å²) in [5.74, 6) is 1.22. The Morgan fingerprint density at radius 2 is 2.08 bits per heavy atom. The van der Waals surface area contributed by atoms with Crippen LogP contribution < -0.4 is 5.73 Å². The number of rotatable bonds is 1. The van der Waals surface area contributed by atoms with Gasteiger partial charge in [0.1, 0.15) is 0 Å². The van der Waals surface area contributed by atoms with Gasteiger partial charge in [0.15, 0.2) is 5.82 Å². The van der Waals surface area contributed by atoms with Crippen LogP contribution in [0.25, 0.3) is 0 Å². The molecule has 0 unspecified atom stereocenters. The smallest absolute Gasteiger partial charge is 0.169 e. The van der Waals surface area contributed by atoms with Gasteiger partial charge in [0, 0.05) is 13.0 Å². The second-order valence-electron chi connectivity index (χ2n) is 3.46. The van der Waals surface area contributed by atoms with E-state index in [0.29, 0.717) is 11.7 Å². The van der Waals surface area contributed by atoms with Gasteiger partial charge in [-0.2, -0.15) is 0 Å². The summed E-state index contributed by atoms with van der Waals surface area (Å²) in [6.07, 6.45) is 5.11. The molecule has 2 N–H and O–H groups in total. The Bertz CT molecular complexity index is 253. The Balaban J connectivity index is 2.30. The fourth-order valence-electron chi connectivity index (χ4n) is 2.05. The van der Waals surface area contributed by atoms with Gasteiger partial charge < -0.3 is 5.73 Å². The van der Waals surface area contributed by atoms with Gasteiger partial charge in [0.25, 0.3) is 0 Å². The molecule has 1 aliphatic rings. The Morgan fingerprint density at radius 1 is 1.42 bits per heavy atom. The van der Waals surface area contributed by atoms with Crippen molar-refractivity contribution in [3.8, 4) is 0 Å². The zero-order valence-corrected chi connectivity index (χ0v) is 7.32. The van der Waals surface area contributed by atoms with E-state index in [1.807, 2.05) is 11.7 Å². The number of nitrogen functional groups attached to an aromatic ring is 1. The minimum atomic E-state index is 0.602. The van der Waals surface area contributed by atoms with Crippen LogP contribution in [-0.4, -0.2) is 15.0 Å². The summed E-state index contributed by atoms with van der Waals surface area (Å²) < 4.78 is 1.81. The van der Waals surface area contributed by atoms with Gasteiger partial charge in [-0.3, -0.25) is 0 Å². The molecule has 12 heavy (non-hydrogen) atoms. The van der Waals surface area contributed by atoms with E-state index in [-0.39, 0.29) is 0 Å². The van der Waals surface area contributed by atoms with E-state index < -0.39 is 0 Å². The average Bonchev–Trinajstić information content (AvgIpc) is 2.61. The maximum atomic E-state index is 5.73. The molecule has 66 valence electrons. The standard InChI is InChI=1S/C8H14N4/c1-12-7(8(9)10-11-12)6-4-2-3-5-6/h6H,2-5,9H2,1H3. The van der Waals surface area contributed by atoms with Gasteiger partial charge in [0.05, 0.1) is 5.69 Å². The van der Waals surface area contributed by atoms with Gasteiger partial charge in [0.2, 0.25) is 0 Å². The summed E-state index contributed by atoms with van der Waals surface area (Å²) in [7, 11) is 1.91. The second-order valence-corrected chi connectivity index (χ2v) is 3.46. The Hall–Kier alpha value is -1.06. The lowest BCUT2D eigenvalue weighted by Crippen LogP contribution is -2.04. The summed E-state index contributed by atoms with van der Waals surface area (Å²) in [6.45, 7) is 0. The van der Waals surface area contributed by atoms with Crippen LogP contribution in [0.15, 0.2) is 0 Å². The molecule has 4 heteroatoms. The molecule has 0 radical (unpaired) electrons. The van der Waals surface area contributed by atoms with Crippen molar-refractivity contribution in [1.82, 2.24) is 15.0 Å². The van der Waals surface area contributed by atoms with E-state index >= 15 is 0 Å². The minimum Gasteiger partial charge on any atom is -0.381 e. The molecule has 0 bridgehead atoms. The van der Waals surface area contributed by atoms with Gasteiger partial charge in [-0.15, -0.1) is 5.10 Å². The Kier molecular flexibility index (Phi) is 1.75. The first-order valence-corrected chi connectivity index (χ1v) is 4.44. The van der Waals surface area contributed by atoms with Gasteiger partial charge in [-0.1, -0.05) is 18.1 Å². The SMILES string of the molecule is Cn1nnc(N)c1C1CCCC1. The lowest BCUT2D eigenvalue weighted by Gasteiger charge is -2.08. The fraction of sp³-hybridized carbons (Fsp3) is 0.750. The summed E-state index contributed by atoms with van der Waals surface area (Å²) in [5.41, 5.74) is 6.86. The van der Waals surface area contributed by atoms with Crippen LogP contribution in [0.4, 0.5) is 5.82 Å². The molecule has 0 atom stereocenters. The number of nitrogens with two attached hydrogens (primary N) is 1. The van der Waals surface area contributed by atoms with Crippen LogP contribution in [0.3, 0.4) is 0 Å². The number of nitrogens with zero attached hydrogens (tertiary/aromatic N) is 3. The van der Waals surface area contributed by atoms with E-state index in [1.54, 1.807) is 0 Å². The average molecular weight is 166 g/mol. The third kappa shape index (κ3) is 1.07. The maximum absolute atomic E-state index is 5.73. The predicted octanol–water partition coefficient (Wildman–Crippen LogP) is 1.05. The van der Waals surface area contributed by atoms with Crippen LogP contribution in [-0.2, 0) is 7.05 Å². The fourth-order valence-corrected chi connectivity index (χ4v) is 2.05. The molecule has 1 aliphatic carbocycles. The molecule has 2 rings (SSSR count). The van der Waals surface area contributed by atoms with Crippen molar-refractivity contribution in [2.45, 2.75) is 31.6 Å². The highest BCUT2D eigenvalue weighted by Crippen LogP contribution is 2.35. The van der Waals surface area contributed by atoms with Crippen molar-refractivity contribution in [2.24, 2.45) is 7.05 Å². The lowest BCUT2D eigenvalue weighted by molar-refractivity contribution is 0.607. The summed E-state index contributed by atoms with van der Waals surface area (Å²) in [6, 6.07) is 0.